The van der Waals surface area contributed by atoms with Crippen molar-refractivity contribution in [2.24, 2.45) is 5.92 Å². The number of carbonyl (C=O) groups excluding carboxylic acids is 2. The van der Waals surface area contributed by atoms with Gasteiger partial charge in [0.05, 0.1) is 0 Å². The zero-order valence-electron chi connectivity index (χ0n) is 11.1. The van der Waals surface area contributed by atoms with E-state index in [0.717, 1.165) is 25.1 Å². The molecule has 102 valence electrons. The maximum Gasteiger partial charge on any atom is 0.267 e. The number of nitrogens with one attached hydrogen (secondary N) is 1. The molecule has 2 fully saturated rings. The molecule has 1 saturated carbocycles. The van der Waals surface area contributed by atoms with E-state index in [4.69, 9.17) is 0 Å². The second-order valence-corrected chi connectivity index (χ2v) is 5.59. The van der Waals surface area contributed by atoms with Crippen molar-refractivity contribution in [3.8, 4) is 0 Å². The Balaban J connectivity index is 1.56. The summed E-state index contributed by atoms with van der Waals surface area (Å²) in [6.45, 7) is 1.31. The molecule has 1 aliphatic carbocycles. The van der Waals surface area contributed by atoms with Crippen molar-refractivity contribution in [3.63, 3.8) is 0 Å². The van der Waals surface area contributed by atoms with Crippen molar-refractivity contribution in [3.05, 3.63) is 24.0 Å². The SMILES string of the molecule is CN1C[C@H](CNC(=O)c2cccn2C2CC2)CC1=O. The number of aromatic nitrogens is 1. The number of hydrogen-bond acceptors (Lipinski definition) is 2. The summed E-state index contributed by atoms with van der Waals surface area (Å²) in [6, 6.07) is 4.29. The highest BCUT2D eigenvalue weighted by molar-refractivity contribution is 5.92. The summed E-state index contributed by atoms with van der Waals surface area (Å²) in [6.07, 6.45) is 4.84. The topological polar surface area (TPSA) is 54.3 Å². The molecule has 1 N–H and O–H groups in total. The summed E-state index contributed by atoms with van der Waals surface area (Å²) < 4.78 is 2.06. The molecule has 0 aromatic carbocycles. The van der Waals surface area contributed by atoms with E-state index < -0.39 is 0 Å². The number of likely N-dealkylation sites (tertiary alicyclic amines) is 1. The highest BCUT2D eigenvalue weighted by Gasteiger charge is 2.29. The van der Waals surface area contributed by atoms with Gasteiger partial charge >= 0.3 is 0 Å². The molecule has 1 aromatic rings. The highest BCUT2D eigenvalue weighted by atomic mass is 16.2. The van der Waals surface area contributed by atoms with Crippen molar-refractivity contribution >= 4 is 11.8 Å². The van der Waals surface area contributed by atoms with Gasteiger partial charge in [0.25, 0.3) is 5.91 Å². The van der Waals surface area contributed by atoms with Crippen LogP contribution in [0.5, 0.6) is 0 Å². The third-order valence-electron chi connectivity index (χ3n) is 3.92. The zero-order valence-corrected chi connectivity index (χ0v) is 11.1. The number of nitrogens with zero attached hydrogens (tertiary/aromatic N) is 2. The molecule has 2 amide bonds. The molecule has 1 aromatic heterocycles. The standard InChI is InChI=1S/C14H19N3O2/c1-16-9-10(7-13(16)18)8-15-14(19)12-3-2-6-17(12)11-4-5-11/h2-3,6,10-11H,4-5,7-9H2,1H3,(H,15,19)/t10-/m0/s1. The smallest absolute Gasteiger partial charge is 0.267 e. The van der Waals surface area contributed by atoms with Gasteiger partial charge in [0.2, 0.25) is 5.91 Å². The second kappa shape index (κ2) is 4.72. The van der Waals surface area contributed by atoms with Gasteiger partial charge in [-0.25, -0.2) is 0 Å². The normalized spacial score (nSPS) is 22.9. The minimum Gasteiger partial charge on any atom is -0.350 e. The van der Waals surface area contributed by atoms with E-state index in [9.17, 15) is 9.59 Å². The minimum absolute atomic E-state index is 0.0288. The van der Waals surface area contributed by atoms with Crippen LogP contribution in [0.2, 0.25) is 0 Å². The Morgan fingerprint density at radius 3 is 2.89 bits per heavy atom. The fourth-order valence-corrected chi connectivity index (χ4v) is 2.68. The van der Waals surface area contributed by atoms with E-state index in [1.54, 1.807) is 4.90 Å². The first kappa shape index (κ1) is 12.3. The van der Waals surface area contributed by atoms with Crippen LogP contribution in [0.1, 0.15) is 35.8 Å². The monoisotopic (exact) mass is 261 g/mol. The van der Waals surface area contributed by atoms with Crippen molar-refractivity contribution in [1.82, 2.24) is 14.8 Å². The number of hydrogen-bond donors (Lipinski definition) is 1. The highest BCUT2D eigenvalue weighted by Crippen LogP contribution is 2.35. The van der Waals surface area contributed by atoms with Gasteiger partial charge in [-0.1, -0.05) is 0 Å². The molecule has 0 radical (unpaired) electrons. The first-order valence-corrected chi connectivity index (χ1v) is 6.84. The lowest BCUT2D eigenvalue weighted by atomic mass is 10.1. The van der Waals surface area contributed by atoms with Crippen LogP contribution in [0.25, 0.3) is 0 Å². The van der Waals surface area contributed by atoms with Crippen molar-refractivity contribution < 1.29 is 9.59 Å². The number of rotatable bonds is 4. The molecule has 5 heteroatoms. The summed E-state index contributed by atoms with van der Waals surface area (Å²) in [5.74, 6) is 0.380. The van der Waals surface area contributed by atoms with Crippen LogP contribution >= 0.6 is 0 Å². The van der Waals surface area contributed by atoms with E-state index in [1.165, 1.54) is 0 Å². The first-order valence-electron chi connectivity index (χ1n) is 6.84. The lowest BCUT2D eigenvalue weighted by Gasteiger charge is -2.12. The van der Waals surface area contributed by atoms with Crippen LogP contribution in [0.3, 0.4) is 0 Å². The second-order valence-electron chi connectivity index (χ2n) is 5.59. The number of amides is 2. The van der Waals surface area contributed by atoms with Crippen LogP contribution < -0.4 is 5.32 Å². The molecular weight excluding hydrogens is 242 g/mol. The Morgan fingerprint density at radius 2 is 2.26 bits per heavy atom. The molecule has 1 saturated heterocycles. The molecule has 1 atom stereocenters. The van der Waals surface area contributed by atoms with Gasteiger partial charge in [-0.05, 0) is 25.0 Å². The van der Waals surface area contributed by atoms with E-state index in [0.29, 0.717) is 19.0 Å². The quantitative estimate of drug-likeness (QED) is 0.880. The lowest BCUT2D eigenvalue weighted by molar-refractivity contribution is -0.126. The van der Waals surface area contributed by atoms with Gasteiger partial charge < -0.3 is 14.8 Å². The Morgan fingerprint density at radius 1 is 1.47 bits per heavy atom. The third-order valence-corrected chi connectivity index (χ3v) is 3.92. The summed E-state index contributed by atoms with van der Waals surface area (Å²) in [5, 5.41) is 2.95. The van der Waals surface area contributed by atoms with Crippen molar-refractivity contribution in [1.29, 1.82) is 0 Å². The molecule has 0 unspecified atom stereocenters. The van der Waals surface area contributed by atoms with Gasteiger partial charge in [0.15, 0.2) is 0 Å². The molecule has 0 bridgehead atoms. The van der Waals surface area contributed by atoms with E-state index in [2.05, 4.69) is 9.88 Å². The van der Waals surface area contributed by atoms with Crippen LogP contribution in [0.4, 0.5) is 0 Å². The van der Waals surface area contributed by atoms with Gasteiger partial charge in [-0.2, -0.15) is 0 Å². The minimum atomic E-state index is -0.0288. The average Bonchev–Trinajstić information content (AvgIpc) is 3.02. The molecule has 1 aliphatic heterocycles. The molecule has 3 rings (SSSR count). The number of carbonyl (C=O) groups is 2. The van der Waals surface area contributed by atoms with Crippen molar-refractivity contribution in [2.45, 2.75) is 25.3 Å². The fourth-order valence-electron chi connectivity index (χ4n) is 2.68. The molecule has 2 heterocycles. The van der Waals surface area contributed by atoms with Gasteiger partial charge in [-0.3, -0.25) is 9.59 Å². The lowest BCUT2D eigenvalue weighted by Crippen LogP contribution is -2.31. The molecule has 5 nitrogen and oxygen atoms in total. The van der Waals surface area contributed by atoms with E-state index >= 15 is 0 Å². The molecule has 19 heavy (non-hydrogen) atoms. The van der Waals surface area contributed by atoms with Crippen LogP contribution in [-0.4, -0.2) is 41.4 Å². The van der Waals surface area contributed by atoms with E-state index in [1.807, 2.05) is 25.4 Å². The first-order chi connectivity index (χ1) is 9.15. The maximum absolute atomic E-state index is 12.1. The summed E-state index contributed by atoms with van der Waals surface area (Å²) in [4.78, 5) is 25.3. The Bertz CT molecular complexity index is 505. The predicted octanol–water partition coefficient (Wildman–Crippen LogP) is 1.03. The summed E-state index contributed by atoms with van der Waals surface area (Å²) in [7, 11) is 1.81. The Hall–Kier alpha value is -1.78. The maximum atomic E-state index is 12.1. The van der Waals surface area contributed by atoms with Gasteiger partial charge in [-0.15, -0.1) is 0 Å². The van der Waals surface area contributed by atoms with Crippen molar-refractivity contribution in [2.75, 3.05) is 20.1 Å². The molecule has 0 spiro atoms. The largest absolute Gasteiger partial charge is 0.350 e. The Kier molecular flexibility index (Phi) is 3.05. The fraction of sp³-hybridized carbons (Fsp3) is 0.571. The molecular formula is C14H19N3O2. The predicted molar refractivity (Wildman–Crippen MR) is 70.8 cm³/mol. The third kappa shape index (κ3) is 2.50. The summed E-state index contributed by atoms with van der Waals surface area (Å²) in [5.41, 5.74) is 0.736. The van der Waals surface area contributed by atoms with Crippen LogP contribution in [0.15, 0.2) is 18.3 Å². The van der Waals surface area contributed by atoms with Crippen LogP contribution in [0, 0.1) is 5.92 Å². The van der Waals surface area contributed by atoms with E-state index in [-0.39, 0.29) is 17.7 Å². The average molecular weight is 261 g/mol. The Labute approximate surface area is 112 Å². The van der Waals surface area contributed by atoms with Gasteiger partial charge in [0, 0.05) is 44.7 Å². The van der Waals surface area contributed by atoms with Gasteiger partial charge in [0.1, 0.15) is 5.69 Å². The zero-order chi connectivity index (χ0) is 13.4. The van der Waals surface area contributed by atoms with Crippen LogP contribution in [-0.2, 0) is 4.79 Å². The molecule has 2 aliphatic rings. The summed E-state index contributed by atoms with van der Waals surface area (Å²) >= 11 is 0.